The minimum absolute atomic E-state index is 0.0399. The third-order valence-corrected chi connectivity index (χ3v) is 4.23. The van der Waals surface area contributed by atoms with Crippen molar-refractivity contribution in [2.24, 2.45) is 0 Å². The quantitative estimate of drug-likeness (QED) is 0.846. The van der Waals surface area contributed by atoms with E-state index >= 15 is 0 Å². The minimum atomic E-state index is -3.60. The van der Waals surface area contributed by atoms with Gasteiger partial charge in [-0.25, -0.2) is 18.4 Å². The van der Waals surface area contributed by atoms with Crippen molar-refractivity contribution in [1.29, 1.82) is 0 Å². The SMILES string of the molecule is CNc1cccnc1S(=O)(=O)NN1CCCCC1. The van der Waals surface area contributed by atoms with Gasteiger partial charge in [0, 0.05) is 26.3 Å². The average molecular weight is 270 g/mol. The van der Waals surface area contributed by atoms with E-state index in [2.05, 4.69) is 15.1 Å². The second-order valence-electron chi connectivity index (χ2n) is 4.25. The van der Waals surface area contributed by atoms with Crippen LogP contribution in [-0.2, 0) is 10.0 Å². The molecular weight excluding hydrogens is 252 g/mol. The van der Waals surface area contributed by atoms with Gasteiger partial charge in [-0.15, -0.1) is 4.83 Å². The first-order valence-corrected chi connectivity index (χ1v) is 7.52. The molecule has 0 amide bonds. The molecule has 1 aliphatic rings. The van der Waals surface area contributed by atoms with Crippen molar-refractivity contribution >= 4 is 15.7 Å². The first-order valence-electron chi connectivity index (χ1n) is 6.03. The van der Waals surface area contributed by atoms with E-state index in [0.29, 0.717) is 5.69 Å². The molecule has 7 heteroatoms. The molecule has 1 saturated heterocycles. The molecule has 0 bridgehead atoms. The van der Waals surface area contributed by atoms with Crippen LogP contribution in [-0.4, -0.2) is 38.5 Å². The number of hydrogen-bond acceptors (Lipinski definition) is 5. The maximum Gasteiger partial charge on any atom is 0.273 e. The van der Waals surface area contributed by atoms with Gasteiger partial charge in [0.05, 0.1) is 5.69 Å². The van der Waals surface area contributed by atoms with Crippen LogP contribution in [0.4, 0.5) is 5.69 Å². The van der Waals surface area contributed by atoms with E-state index in [-0.39, 0.29) is 5.03 Å². The Morgan fingerprint density at radius 3 is 2.67 bits per heavy atom. The molecule has 0 atom stereocenters. The maximum atomic E-state index is 12.2. The van der Waals surface area contributed by atoms with Crippen molar-refractivity contribution < 1.29 is 8.42 Å². The fraction of sp³-hybridized carbons (Fsp3) is 0.545. The van der Waals surface area contributed by atoms with Crippen molar-refractivity contribution in [2.75, 3.05) is 25.5 Å². The number of nitrogens with zero attached hydrogens (tertiary/aromatic N) is 2. The standard InChI is InChI=1S/C11H18N4O2S/c1-12-10-6-5-7-13-11(10)18(16,17)14-15-8-3-2-4-9-15/h5-7,12,14H,2-4,8-9H2,1H3. The number of sulfonamides is 1. The van der Waals surface area contributed by atoms with Crippen LogP contribution in [0.25, 0.3) is 0 Å². The fourth-order valence-electron chi connectivity index (χ4n) is 1.99. The summed E-state index contributed by atoms with van der Waals surface area (Å²) >= 11 is 0. The zero-order chi connectivity index (χ0) is 13.0. The molecule has 0 aliphatic carbocycles. The molecule has 1 aromatic rings. The van der Waals surface area contributed by atoms with E-state index in [1.54, 1.807) is 24.2 Å². The normalized spacial score (nSPS) is 17.6. The summed E-state index contributed by atoms with van der Waals surface area (Å²) < 4.78 is 24.4. The molecular formula is C11H18N4O2S. The van der Waals surface area contributed by atoms with Crippen molar-refractivity contribution in [3.05, 3.63) is 18.3 Å². The summed E-state index contributed by atoms with van der Waals surface area (Å²) in [5, 5.41) is 4.62. The Kier molecular flexibility index (Phi) is 4.15. The van der Waals surface area contributed by atoms with E-state index < -0.39 is 10.0 Å². The largest absolute Gasteiger partial charge is 0.386 e. The minimum Gasteiger partial charge on any atom is -0.386 e. The van der Waals surface area contributed by atoms with Crippen molar-refractivity contribution in [1.82, 2.24) is 14.8 Å². The third-order valence-electron chi connectivity index (χ3n) is 2.90. The smallest absolute Gasteiger partial charge is 0.273 e. The Morgan fingerprint density at radius 2 is 2.00 bits per heavy atom. The molecule has 1 fully saturated rings. The second kappa shape index (κ2) is 5.64. The Bertz CT molecular complexity index is 498. The average Bonchev–Trinajstić information content (AvgIpc) is 2.39. The predicted molar refractivity (Wildman–Crippen MR) is 69.5 cm³/mol. The summed E-state index contributed by atoms with van der Waals surface area (Å²) in [5.74, 6) is 0. The van der Waals surface area contributed by atoms with Gasteiger partial charge < -0.3 is 5.32 Å². The van der Waals surface area contributed by atoms with Gasteiger partial charge in [-0.1, -0.05) is 6.42 Å². The highest BCUT2D eigenvalue weighted by Gasteiger charge is 2.23. The molecule has 2 rings (SSSR count). The van der Waals surface area contributed by atoms with Gasteiger partial charge in [-0.2, -0.15) is 0 Å². The molecule has 0 radical (unpaired) electrons. The fourth-order valence-corrected chi connectivity index (χ4v) is 3.26. The van der Waals surface area contributed by atoms with Crippen LogP contribution in [0.1, 0.15) is 19.3 Å². The van der Waals surface area contributed by atoms with Gasteiger partial charge in [0.15, 0.2) is 5.03 Å². The lowest BCUT2D eigenvalue weighted by atomic mass is 10.2. The van der Waals surface area contributed by atoms with Gasteiger partial charge in [-0.3, -0.25) is 0 Å². The van der Waals surface area contributed by atoms with Crippen LogP contribution in [0.5, 0.6) is 0 Å². The monoisotopic (exact) mass is 270 g/mol. The highest BCUT2D eigenvalue weighted by atomic mass is 32.2. The zero-order valence-electron chi connectivity index (χ0n) is 10.4. The Balaban J connectivity index is 2.19. The van der Waals surface area contributed by atoms with Crippen LogP contribution in [0.15, 0.2) is 23.4 Å². The summed E-state index contributed by atoms with van der Waals surface area (Å²) in [7, 11) is -1.92. The van der Waals surface area contributed by atoms with Crippen molar-refractivity contribution in [3.63, 3.8) is 0 Å². The second-order valence-corrected chi connectivity index (χ2v) is 5.82. The van der Waals surface area contributed by atoms with E-state index in [1.807, 2.05) is 0 Å². The molecule has 2 N–H and O–H groups in total. The summed E-state index contributed by atoms with van der Waals surface area (Å²) in [6, 6.07) is 3.39. The van der Waals surface area contributed by atoms with Gasteiger partial charge in [0.1, 0.15) is 0 Å². The van der Waals surface area contributed by atoms with E-state index in [4.69, 9.17) is 0 Å². The molecule has 2 heterocycles. The lowest BCUT2D eigenvalue weighted by molar-refractivity contribution is 0.199. The number of hydrazine groups is 1. The zero-order valence-corrected chi connectivity index (χ0v) is 11.2. The first kappa shape index (κ1) is 13.3. The molecule has 0 unspecified atom stereocenters. The predicted octanol–water partition coefficient (Wildman–Crippen LogP) is 0.802. The molecule has 1 aromatic heterocycles. The number of anilines is 1. The lowest BCUT2D eigenvalue weighted by Gasteiger charge is -2.26. The number of hydrogen-bond donors (Lipinski definition) is 2. The molecule has 6 nitrogen and oxygen atoms in total. The number of piperidine rings is 1. The lowest BCUT2D eigenvalue weighted by Crippen LogP contribution is -2.45. The van der Waals surface area contributed by atoms with E-state index in [1.165, 1.54) is 6.20 Å². The Hall–Kier alpha value is -1.18. The molecule has 18 heavy (non-hydrogen) atoms. The van der Waals surface area contributed by atoms with Crippen molar-refractivity contribution in [2.45, 2.75) is 24.3 Å². The Labute approximate surface area is 107 Å². The van der Waals surface area contributed by atoms with Crippen LogP contribution < -0.4 is 10.1 Å². The first-order chi connectivity index (χ1) is 8.63. The highest BCUT2D eigenvalue weighted by Crippen LogP contribution is 2.18. The van der Waals surface area contributed by atoms with E-state index in [9.17, 15) is 8.42 Å². The highest BCUT2D eigenvalue weighted by molar-refractivity contribution is 7.89. The van der Waals surface area contributed by atoms with Gasteiger partial charge in [-0.05, 0) is 25.0 Å². The molecule has 0 aromatic carbocycles. The third kappa shape index (κ3) is 2.98. The molecule has 0 saturated carbocycles. The van der Waals surface area contributed by atoms with Crippen LogP contribution in [0, 0.1) is 0 Å². The molecule has 1 aliphatic heterocycles. The summed E-state index contributed by atoms with van der Waals surface area (Å²) in [5.41, 5.74) is 0.502. The van der Waals surface area contributed by atoms with Crippen LogP contribution in [0.3, 0.4) is 0 Å². The van der Waals surface area contributed by atoms with Gasteiger partial charge in [0.25, 0.3) is 10.0 Å². The molecule has 0 spiro atoms. The molecule has 100 valence electrons. The summed E-state index contributed by atoms with van der Waals surface area (Å²) in [6.45, 7) is 1.50. The number of aromatic nitrogens is 1. The maximum absolute atomic E-state index is 12.2. The summed E-state index contributed by atoms with van der Waals surface area (Å²) in [4.78, 5) is 6.54. The van der Waals surface area contributed by atoms with Gasteiger partial charge in [0.2, 0.25) is 0 Å². The van der Waals surface area contributed by atoms with Crippen LogP contribution >= 0.6 is 0 Å². The number of nitrogens with one attached hydrogen (secondary N) is 2. The van der Waals surface area contributed by atoms with E-state index in [0.717, 1.165) is 32.4 Å². The topological polar surface area (TPSA) is 74.3 Å². The summed E-state index contributed by atoms with van der Waals surface area (Å²) in [6.07, 6.45) is 4.67. The Morgan fingerprint density at radius 1 is 1.28 bits per heavy atom. The van der Waals surface area contributed by atoms with Gasteiger partial charge >= 0.3 is 0 Å². The van der Waals surface area contributed by atoms with Crippen molar-refractivity contribution in [3.8, 4) is 0 Å². The number of rotatable bonds is 4. The number of pyridine rings is 1. The van der Waals surface area contributed by atoms with Crippen LogP contribution in [0.2, 0.25) is 0 Å².